The molecular formula is C37H29NO2S. The number of benzene rings is 5. The van der Waals surface area contributed by atoms with Crippen LogP contribution in [0.1, 0.15) is 39.5 Å². The van der Waals surface area contributed by atoms with Crippen molar-refractivity contribution in [2.75, 3.05) is 4.90 Å². The van der Waals surface area contributed by atoms with Gasteiger partial charge in [0.25, 0.3) is 5.91 Å². The minimum Gasteiger partial charge on any atom is -0.462 e. The Morgan fingerprint density at radius 1 is 0.707 bits per heavy atom. The Balaban J connectivity index is 1.55. The third-order valence-electron chi connectivity index (χ3n) is 7.89. The fourth-order valence-corrected chi connectivity index (χ4v) is 7.24. The van der Waals surface area contributed by atoms with Crippen molar-refractivity contribution in [1.29, 1.82) is 0 Å². The van der Waals surface area contributed by atoms with Crippen molar-refractivity contribution in [1.82, 2.24) is 0 Å². The molecule has 0 radical (unpaired) electrons. The molecule has 2 atom stereocenters. The lowest BCUT2D eigenvalue weighted by molar-refractivity contribution is -0.120. The Labute approximate surface area is 245 Å². The first-order valence-corrected chi connectivity index (χ1v) is 14.8. The quantitative estimate of drug-likeness (QED) is 0.223. The van der Waals surface area contributed by atoms with Crippen molar-refractivity contribution in [3.8, 4) is 0 Å². The minimum absolute atomic E-state index is 0.0479. The Hall–Kier alpha value is -4.54. The first-order valence-electron chi connectivity index (χ1n) is 13.9. The minimum atomic E-state index is -1.08. The van der Waals surface area contributed by atoms with Gasteiger partial charge in [-0.05, 0) is 30.2 Å². The molecule has 3 nitrogen and oxygen atoms in total. The maximum Gasteiger partial charge on any atom is 0.266 e. The van der Waals surface area contributed by atoms with Crippen LogP contribution in [0.5, 0.6) is 0 Å². The molecule has 2 heterocycles. The zero-order valence-corrected chi connectivity index (χ0v) is 23.6. The summed E-state index contributed by atoms with van der Waals surface area (Å²) in [5.41, 5.74) is 5.39. The molecule has 0 saturated carbocycles. The van der Waals surface area contributed by atoms with Gasteiger partial charge in [0.2, 0.25) is 5.72 Å². The van der Waals surface area contributed by atoms with Crippen molar-refractivity contribution < 1.29 is 9.53 Å². The van der Waals surface area contributed by atoms with Gasteiger partial charge in [0.05, 0.1) is 11.3 Å². The van der Waals surface area contributed by atoms with Gasteiger partial charge >= 0.3 is 0 Å². The van der Waals surface area contributed by atoms with Gasteiger partial charge < -0.3 is 4.74 Å². The predicted molar refractivity (Wildman–Crippen MR) is 167 cm³/mol. The molecule has 200 valence electrons. The van der Waals surface area contributed by atoms with Gasteiger partial charge in [0.1, 0.15) is 5.76 Å². The van der Waals surface area contributed by atoms with E-state index >= 15 is 4.79 Å². The lowest BCUT2D eigenvalue weighted by Gasteiger charge is -2.48. The second-order valence-electron chi connectivity index (χ2n) is 10.5. The van der Waals surface area contributed by atoms with E-state index in [0.717, 1.165) is 32.8 Å². The van der Waals surface area contributed by atoms with Crippen molar-refractivity contribution in [2.24, 2.45) is 0 Å². The van der Waals surface area contributed by atoms with E-state index in [1.54, 1.807) is 11.8 Å². The van der Waals surface area contributed by atoms with Crippen molar-refractivity contribution in [3.63, 3.8) is 0 Å². The third kappa shape index (κ3) is 4.45. The van der Waals surface area contributed by atoms with Crippen LogP contribution in [-0.4, -0.2) is 5.91 Å². The molecular weight excluding hydrogens is 522 g/mol. The van der Waals surface area contributed by atoms with Crippen LogP contribution >= 0.6 is 11.8 Å². The lowest BCUT2D eigenvalue weighted by atomic mass is 9.87. The Morgan fingerprint density at radius 3 is 1.98 bits per heavy atom. The van der Waals surface area contributed by atoms with Gasteiger partial charge in [0, 0.05) is 27.7 Å². The standard InChI is InChI=1S/C37H29NO2S/c1-26-21-23-30(24-22-26)37-25-33(27-13-5-2-6-14-27)41-32-20-12-11-19-31(32)38(37)36(39)34(28-15-7-3-8-16-28)35(40-37)29-17-9-4-10-18-29/h2-24,33H,25H2,1H3/t33-,37+/m1/s1. The van der Waals surface area contributed by atoms with Crippen LogP contribution < -0.4 is 4.90 Å². The summed E-state index contributed by atoms with van der Waals surface area (Å²) in [7, 11) is 0. The molecule has 2 aliphatic rings. The van der Waals surface area contributed by atoms with E-state index in [2.05, 4.69) is 67.6 Å². The van der Waals surface area contributed by atoms with Crippen LogP contribution in [0.3, 0.4) is 0 Å². The Morgan fingerprint density at radius 2 is 1.29 bits per heavy atom. The number of nitrogens with zero attached hydrogens (tertiary/aromatic N) is 1. The molecule has 0 bridgehead atoms. The maximum atomic E-state index is 15.1. The number of ether oxygens (including phenoxy) is 1. The van der Waals surface area contributed by atoms with Crippen LogP contribution in [0.4, 0.5) is 5.69 Å². The summed E-state index contributed by atoms with van der Waals surface area (Å²) < 4.78 is 7.39. The van der Waals surface area contributed by atoms with E-state index in [1.807, 2.05) is 83.8 Å². The molecule has 5 aromatic rings. The topological polar surface area (TPSA) is 29.5 Å². The fourth-order valence-electron chi connectivity index (χ4n) is 5.89. The molecule has 0 fully saturated rings. The number of hydrogen-bond acceptors (Lipinski definition) is 3. The van der Waals surface area contributed by atoms with E-state index < -0.39 is 5.72 Å². The van der Waals surface area contributed by atoms with Gasteiger partial charge in [-0.25, -0.2) is 0 Å². The molecule has 1 amide bonds. The van der Waals surface area contributed by atoms with Crippen molar-refractivity contribution >= 4 is 34.7 Å². The molecule has 0 aromatic heterocycles. The predicted octanol–water partition coefficient (Wildman–Crippen LogP) is 9.02. The van der Waals surface area contributed by atoms with Gasteiger partial charge in [-0.15, -0.1) is 11.8 Å². The molecule has 0 unspecified atom stereocenters. The third-order valence-corrected chi connectivity index (χ3v) is 9.21. The number of fused-ring (bicyclic) bond motifs is 3. The van der Waals surface area contributed by atoms with Crippen LogP contribution in [0.2, 0.25) is 0 Å². The summed E-state index contributed by atoms with van der Waals surface area (Å²) in [6.07, 6.45) is 0.573. The highest BCUT2D eigenvalue weighted by Crippen LogP contribution is 2.58. The summed E-state index contributed by atoms with van der Waals surface area (Å²) in [6, 6.07) is 47.2. The smallest absolute Gasteiger partial charge is 0.266 e. The van der Waals surface area contributed by atoms with Crippen LogP contribution in [0, 0.1) is 6.92 Å². The molecule has 41 heavy (non-hydrogen) atoms. The Bertz CT molecular complexity index is 1730. The number of para-hydroxylation sites is 1. The number of carbonyl (C=O) groups is 1. The van der Waals surface area contributed by atoms with E-state index in [1.165, 1.54) is 5.56 Å². The molecule has 0 N–H and O–H groups in total. The number of rotatable bonds is 4. The van der Waals surface area contributed by atoms with Gasteiger partial charge in [0.15, 0.2) is 0 Å². The maximum absolute atomic E-state index is 15.1. The summed E-state index contributed by atoms with van der Waals surface area (Å²) in [5.74, 6) is 0.540. The van der Waals surface area contributed by atoms with E-state index in [-0.39, 0.29) is 11.2 Å². The molecule has 0 saturated heterocycles. The fraction of sp³-hybridized carbons (Fsp3) is 0.108. The van der Waals surface area contributed by atoms with E-state index in [4.69, 9.17) is 4.74 Å². The first kappa shape index (κ1) is 25.4. The van der Waals surface area contributed by atoms with Crippen LogP contribution in [0.25, 0.3) is 11.3 Å². The van der Waals surface area contributed by atoms with Crippen LogP contribution in [0.15, 0.2) is 144 Å². The molecule has 5 aromatic carbocycles. The molecule has 7 rings (SSSR count). The zero-order valence-electron chi connectivity index (χ0n) is 22.7. The highest BCUT2D eigenvalue weighted by Gasteiger charge is 2.54. The second-order valence-corrected chi connectivity index (χ2v) is 11.8. The monoisotopic (exact) mass is 551 g/mol. The highest BCUT2D eigenvalue weighted by molar-refractivity contribution is 7.99. The SMILES string of the molecule is Cc1ccc([C@@]23C[C@H](c4ccccc4)Sc4ccccc4N2C(=O)C(c2ccccc2)=C(c2ccccc2)O3)cc1. The van der Waals surface area contributed by atoms with Crippen molar-refractivity contribution in [2.45, 2.75) is 29.2 Å². The molecule has 0 aliphatic carbocycles. The van der Waals surface area contributed by atoms with Crippen LogP contribution in [-0.2, 0) is 15.3 Å². The number of anilines is 1. The Kier molecular flexibility index (Phi) is 6.49. The van der Waals surface area contributed by atoms with Gasteiger partial charge in [-0.3, -0.25) is 9.69 Å². The summed E-state index contributed by atoms with van der Waals surface area (Å²) in [4.78, 5) is 18.1. The van der Waals surface area contributed by atoms with Crippen molar-refractivity contribution in [3.05, 3.63) is 167 Å². The number of aryl methyl sites for hydroxylation is 1. The molecule has 0 spiro atoms. The number of amides is 1. The lowest BCUT2D eigenvalue weighted by Crippen LogP contribution is -2.55. The van der Waals surface area contributed by atoms with Gasteiger partial charge in [-0.2, -0.15) is 0 Å². The molecule has 2 aliphatic heterocycles. The zero-order chi connectivity index (χ0) is 27.8. The number of carbonyl (C=O) groups excluding carboxylic acids is 1. The normalized spacial score (nSPS) is 20.1. The van der Waals surface area contributed by atoms with E-state index in [9.17, 15) is 0 Å². The summed E-state index contributed by atoms with van der Waals surface area (Å²) >= 11 is 1.80. The summed E-state index contributed by atoms with van der Waals surface area (Å²) in [5, 5.41) is 0.0479. The first-order chi connectivity index (χ1) is 20.1. The van der Waals surface area contributed by atoms with E-state index in [0.29, 0.717) is 17.8 Å². The average molecular weight is 552 g/mol. The number of thioether (sulfide) groups is 1. The average Bonchev–Trinajstić information content (AvgIpc) is 3.18. The summed E-state index contributed by atoms with van der Waals surface area (Å²) in [6.45, 7) is 2.08. The largest absolute Gasteiger partial charge is 0.462 e. The number of hydrogen-bond donors (Lipinski definition) is 0. The van der Waals surface area contributed by atoms with Gasteiger partial charge in [-0.1, -0.05) is 133 Å². The molecule has 4 heteroatoms. The highest BCUT2D eigenvalue weighted by atomic mass is 32.2. The second kappa shape index (κ2) is 10.5.